The average Bonchev–Trinajstić information content (AvgIpc) is 2.77. The van der Waals surface area contributed by atoms with Crippen LogP contribution in [0.3, 0.4) is 0 Å². The molecule has 0 spiro atoms. The molecule has 1 aliphatic heterocycles. The molecule has 1 aromatic carbocycles. The van der Waals surface area contributed by atoms with Crippen molar-refractivity contribution in [3.8, 4) is 0 Å². The van der Waals surface area contributed by atoms with Crippen molar-refractivity contribution in [1.82, 2.24) is 4.90 Å². The fourth-order valence-corrected chi connectivity index (χ4v) is 3.03. The molecule has 0 radical (unpaired) electrons. The van der Waals surface area contributed by atoms with Crippen LogP contribution in [0.4, 0.5) is 5.69 Å². The molecule has 1 heterocycles. The molecular formula is C16H26N2O2. The number of aliphatic hydroxyl groups excluding tert-OH is 2. The second kappa shape index (κ2) is 6.57. The lowest BCUT2D eigenvalue weighted by Crippen LogP contribution is -2.38. The number of anilines is 1. The third-order valence-electron chi connectivity index (χ3n) is 3.96. The van der Waals surface area contributed by atoms with Gasteiger partial charge in [-0.2, -0.15) is 0 Å². The lowest BCUT2D eigenvalue weighted by atomic mass is 10.0. The largest absolute Gasteiger partial charge is 0.391 e. The van der Waals surface area contributed by atoms with E-state index in [0.29, 0.717) is 19.0 Å². The van der Waals surface area contributed by atoms with Gasteiger partial charge in [0.05, 0.1) is 12.2 Å². The second-order valence-electron chi connectivity index (χ2n) is 5.94. The maximum atomic E-state index is 10.2. The van der Waals surface area contributed by atoms with Gasteiger partial charge in [-0.1, -0.05) is 25.1 Å². The maximum Gasteiger partial charge on any atom is 0.0807 e. The smallest absolute Gasteiger partial charge is 0.0807 e. The van der Waals surface area contributed by atoms with Gasteiger partial charge in [-0.25, -0.2) is 0 Å². The molecule has 0 bridgehead atoms. The van der Waals surface area contributed by atoms with E-state index in [1.807, 2.05) is 25.1 Å². The standard InChI is InChI=1S/C16H26N2O2/c1-4-16(20)14-7-5-6-8-15(14)18-11-13(19)9-12(18)10-17(2)3/h5-8,12-13,16,19-20H,4,9-11H2,1-3H3/t12?,13?,16-/m0/s1. The Morgan fingerprint density at radius 2 is 2.05 bits per heavy atom. The lowest BCUT2D eigenvalue weighted by Gasteiger charge is -2.31. The Kier molecular flexibility index (Phi) is 5.02. The quantitative estimate of drug-likeness (QED) is 0.859. The molecule has 2 unspecified atom stereocenters. The Bertz CT molecular complexity index is 436. The Hall–Kier alpha value is -1.10. The molecule has 112 valence electrons. The summed E-state index contributed by atoms with van der Waals surface area (Å²) in [4.78, 5) is 4.40. The molecule has 20 heavy (non-hydrogen) atoms. The first-order valence-electron chi connectivity index (χ1n) is 7.39. The van der Waals surface area contributed by atoms with Crippen LogP contribution >= 0.6 is 0 Å². The Balaban J connectivity index is 2.29. The Morgan fingerprint density at radius 3 is 2.70 bits per heavy atom. The molecule has 1 aliphatic rings. The molecule has 4 nitrogen and oxygen atoms in total. The third kappa shape index (κ3) is 3.32. The summed E-state index contributed by atoms with van der Waals surface area (Å²) in [6.07, 6.45) is 0.760. The highest BCUT2D eigenvalue weighted by Crippen LogP contribution is 2.33. The summed E-state index contributed by atoms with van der Waals surface area (Å²) < 4.78 is 0. The summed E-state index contributed by atoms with van der Waals surface area (Å²) in [6, 6.07) is 8.30. The number of hydrogen-bond acceptors (Lipinski definition) is 4. The van der Waals surface area contributed by atoms with Crippen LogP contribution in [-0.2, 0) is 0 Å². The van der Waals surface area contributed by atoms with Crippen LogP contribution in [0, 0.1) is 0 Å². The molecule has 3 atom stereocenters. The van der Waals surface area contributed by atoms with Gasteiger partial charge in [0.15, 0.2) is 0 Å². The fourth-order valence-electron chi connectivity index (χ4n) is 3.03. The highest BCUT2D eigenvalue weighted by molar-refractivity contribution is 5.56. The van der Waals surface area contributed by atoms with Crippen LogP contribution < -0.4 is 4.90 Å². The number of likely N-dealkylation sites (N-methyl/N-ethyl adjacent to an activating group) is 1. The number of aliphatic hydroxyl groups is 2. The minimum atomic E-state index is -0.441. The van der Waals surface area contributed by atoms with E-state index < -0.39 is 6.10 Å². The molecule has 1 saturated heterocycles. The molecule has 0 aliphatic carbocycles. The molecule has 0 aromatic heterocycles. The first kappa shape index (κ1) is 15.3. The zero-order valence-corrected chi connectivity index (χ0v) is 12.7. The number of rotatable bonds is 5. The second-order valence-corrected chi connectivity index (χ2v) is 5.94. The normalized spacial score (nSPS) is 24.4. The first-order chi connectivity index (χ1) is 9.52. The molecule has 1 fully saturated rings. The number of benzene rings is 1. The van der Waals surface area contributed by atoms with E-state index >= 15 is 0 Å². The van der Waals surface area contributed by atoms with Crippen molar-refractivity contribution in [2.75, 3.05) is 32.1 Å². The summed E-state index contributed by atoms with van der Waals surface area (Å²) in [6.45, 7) is 3.54. The van der Waals surface area contributed by atoms with Gasteiger partial charge in [0.25, 0.3) is 0 Å². The van der Waals surface area contributed by atoms with Gasteiger partial charge in [-0.05, 0) is 33.0 Å². The highest BCUT2D eigenvalue weighted by Gasteiger charge is 2.32. The topological polar surface area (TPSA) is 46.9 Å². The van der Waals surface area contributed by atoms with Crippen molar-refractivity contribution in [3.63, 3.8) is 0 Å². The van der Waals surface area contributed by atoms with E-state index in [-0.39, 0.29) is 6.10 Å². The molecule has 4 heteroatoms. The maximum absolute atomic E-state index is 10.2. The van der Waals surface area contributed by atoms with Crippen LogP contribution in [0.25, 0.3) is 0 Å². The third-order valence-corrected chi connectivity index (χ3v) is 3.96. The van der Waals surface area contributed by atoms with Gasteiger partial charge in [0.2, 0.25) is 0 Å². The number of para-hydroxylation sites is 1. The Labute approximate surface area is 121 Å². The average molecular weight is 278 g/mol. The number of β-amino-alcohol motifs (C(OH)–C–C–N with tert-alkyl or cyclic N) is 1. The highest BCUT2D eigenvalue weighted by atomic mass is 16.3. The van der Waals surface area contributed by atoms with Crippen molar-refractivity contribution >= 4 is 5.69 Å². The minimum absolute atomic E-state index is 0.285. The number of nitrogens with zero attached hydrogens (tertiary/aromatic N) is 2. The summed E-state index contributed by atoms with van der Waals surface area (Å²) in [5.74, 6) is 0. The van der Waals surface area contributed by atoms with Crippen molar-refractivity contribution in [2.24, 2.45) is 0 Å². The zero-order chi connectivity index (χ0) is 14.7. The summed E-state index contributed by atoms with van der Waals surface area (Å²) in [5.41, 5.74) is 2.03. The predicted molar refractivity (Wildman–Crippen MR) is 82.0 cm³/mol. The summed E-state index contributed by atoms with van der Waals surface area (Å²) in [5, 5.41) is 20.2. The van der Waals surface area contributed by atoms with Crippen LogP contribution in [0.2, 0.25) is 0 Å². The van der Waals surface area contributed by atoms with E-state index in [4.69, 9.17) is 0 Å². The zero-order valence-electron chi connectivity index (χ0n) is 12.7. The van der Waals surface area contributed by atoms with Crippen LogP contribution in [-0.4, -0.2) is 54.4 Å². The van der Waals surface area contributed by atoms with Crippen molar-refractivity contribution in [2.45, 2.75) is 38.0 Å². The van der Waals surface area contributed by atoms with E-state index in [0.717, 1.165) is 24.2 Å². The molecule has 1 aromatic rings. The molecule has 2 rings (SSSR count). The Morgan fingerprint density at radius 1 is 1.35 bits per heavy atom. The van der Waals surface area contributed by atoms with Gasteiger partial charge in [-0.3, -0.25) is 0 Å². The van der Waals surface area contributed by atoms with Gasteiger partial charge >= 0.3 is 0 Å². The van der Waals surface area contributed by atoms with E-state index in [1.165, 1.54) is 0 Å². The summed E-state index contributed by atoms with van der Waals surface area (Å²) in [7, 11) is 4.10. The van der Waals surface area contributed by atoms with E-state index in [9.17, 15) is 10.2 Å². The minimum Gasteiger partial charge on any atom is -0.391 e. The SMILES string of the molecule is CC[C@H](O)c1ccccc1N1CC(O)CC1CN(C)C. The van der Waals surface area contributed by atoms with E-state index in [2.05, 4.69) is 30.0 Å². The molecular weight excluding hydrogens is 252 g/mol. The van der Waals surface area contributed by atoms with Gasteiger partial charge in [0.1, 0.15) is 0 Å². The fraction of sp³-hybridized carbons (Fsp3) is 0.625. The lowest BCUT2D eigenvalue weighted by molar-refractivity contribution is 0.173. The predicted octanol–water partition coefficient (Wildman–Crippen LogP) is 1.63. The monoisotopic (exact) mass is 278 g/mol. The van der Waals surface area contributed by atoms with Crippen molar-refractivity contribution < 1.29 is 10.2 Å². The number of hydrogen-bond donors (Lipinski definition) is 2. The van der Waals surface area contributed by atoms with Crippen molar-refractivity contribution in [3.05, 3.63) is 29.8 Å². The molecule has 2 N–H and O–H groups in total. The van der Waals surface area contributed by atoms with Crippen LogP contribution in [0.5, 0.6) is 0 Å². The van der Waals surface area contributed by atoms with Crippen molar-refractivity contribution in [1.29, 1.82) is 0 Å². The van der Waals surface area contributed by atoms with Gasteiger partial charge in [-0.15, -0.1) is 0 Å². The van der Waals surface area contributed by atoms with Gasteiger partial charge < -0.3 is 20.0 Å². The van der Waals surface area contributed by atoms with Gasteiger partial charge in [0, 0.05) is 30.4 Å². The first-order valence-corrected chi connectivity index (χ1v) is 7.39. The van der Waals surface area contributed by atoms with Crippen LogP contribution in [0.15, 0.2) is 24.3 Å². The molecule has 0 amide bonds. The molecule has 0 saturated carbocycles. The van der Waals surface area contributed by atoms with E-state index in [1.54, 1.807) is 0 Å². The van der Waals surface area contributed by atoms with Crippen LogP contribution in [0.1, 0.15) is 31.4 Å². The summed E-state index contributed by atoms with van der Waals surface area (Å²) >= 11 is 0.